The third kappa shape index (κ3) is 5.01. The van der Waals surface area contributed by atoms with E-state index in [1.807, 2.05) is 44.2 Å². The van der Waals surface area contributed by atoms with Crippen LogP contribution in [0.3, 0.4) is 0 Å². The zero-order chi connectivity index (χ0) is 14.3. The highest BCUT2D eigenvalue weighted by Gasteiger charge is 2.22. The normalized spacial score (nSPS) is 15.6. The number of carbonyl (C=O) groups is 1. The van der Waals surface area contributed by atoms with Crippen molar-refractivity contribution < 1.29 is 9.53 Å². The van der Waals surface area contributed by atoms with E-state index in [4.69, 9.17) is 10.5 Å². The van der Waals surface area contributed by atoms with Crippen LogP contribution < -0.4 is 11.1 Å². The molecule has 1 rings (SSSR count). The van der Waals surface area contributed by atoms with Crippen molar-refractivity contribution in [1.29, 1.82) is 0 Å². The molecule has 0 aromatic heterocycles. The lowest BCUT2D eigenvalue weighted by Gasteiger charge is -2.21. The van der Waals surface area contributed by atoms with Crippen molar-refractivity contribution in [1.82, 2.24) is 5.32 Å². The molecule has 0 spiro atoms. The van der Waals surface area contributed by atoms with E-state index in [2.05, 4.69) is 5.32 Å². The second kappa shape index (κ2) is 7.92. The number of ether oxygens (including phenoxy) is 1. The fourth-order valence-electron chi connectivity index (χ4n) is 1.91. The van der Waals surface area contributed by atoms with E-state index in [1.54, 1.807) is 7.11 Å². The third-order valence-corrected chi connectivity index (χ3v) is 3.21. The standard InChI is InChI=1S/C15H24N2O2/c1-11(10-19-3)9-17-15(18)12(2)14(16)13-7-5-4-6-8-13/h4-8,11-12,14H,9-10,16H2,1-3H3,(H,17,18). The fraction of sp³-hybridized carbons (Fsp3) is 0.533. The smallest absolute Gasteiger partial charge is 0.224 e. The molecular weight excluding hydrogens is 240 g/mol. The van der Waals surface area contributed by atoms with Gasteiger partial charge in [0.1, 0.15) is 0 Å². The molecule has 3 N–H and O–H groups in total. The van der Waals surface area contributed by atoms with Gasteiger partial charge in [0.15, 0.2) is 0 Å². The van der Waals surface area contributed by atoms with Crippen molar-refractivity contribution in [3.8, 4) is 0 Å². The number of benzene rings is 1. The Morgan fingerprint density at radius 1 is 1.32 bits per heavy atom. The van der Waals surface area contributed by atoms with Gasteiger partial charge in [-0.1, -0.05) is 44.2 Å². The Morgan fingerprint density at radius 3 is 2.53 bits per heavy atom. The van der Waals surface area contributed by atoms with Gasteiger partial charge in [0, 0.05) is 19.7 Å². The van der Waals surface area contributed by atoms with Crippen molar-refractivity contribution in [2.45, 2.75) is 19.9 Å². The molecule has 0 fully saturated rings. The lowest BCUT2D eigenvalue weighted by atomic mass is 9.94. The molecule has 1 aromatic carbocycles. The van der Waals surface area contributed by atoms with Crippen LogP contribution in [-0.2, 0) is 9.53 Å². The van der Waals surface area contributed by atoms with Crippen molar-refractivity contribution in [3.63, 3.8) is 0 Å². The number of rotatable bonds is 7. The van der Waals surface area contributed by atoms with Crippen molar-refractivity contribution in [2.75, 3.05) is 20.3 Å². The maximum Gasteiger partial charge on any atom is 0.224 e. The Kier molecular flexibility index (Phi) is 6.53. The van der Waals surface area contributed by atoms with Crippen LogP contribution in [0.4, 0.5) is 0 Å². The number of carbonyl (C=O) groups excluding carboxylic acids is 1. The maximum atomic E-state index is 12.0. The molecule has 3 atom stereocenters. The van der Waals surface area contributed by atoms with Gasteiger partial charge in [-0.25, -0.2) is 0 Å². The number of hydrogen-bond donors (Lipinski definition) is 2. The summed E-state index contributed by atoms with van der Waals surface area (Å²) in [7, 11) is 1.66. The molecule has 19 heavy (non-hydrogen) atoms. The number of hydrogen-bond acceptors (Lipinski definition) is 3. The monoisotopic (exact) mass is 264 g/mol. The minimum atomic E-state index is -0.279. The molecule has 106 valence electrons. The Hall–Kier alpha value is -1.39. The second-order valence-electron chi connectivity index (χ2n) is 5.03. The summed E-state index contributed by atoms with van der Waals surface area (Å²) in [6.07, 6.45) is 0. The summed E-state index contributed by atoms with van der Waals surface area (Å²) >= 11 is 0. The summed E-state index contributed by atoms with van der Waals surface area (Å²) in [5.74, 6) is 0.0329. The predicted octanol–water partition coefficient (Wildman–Crippen LogP) is 1.72. The number of amides is 1. The van der Waals surface area contributed by atoms with Crippen LogP contribution in [0.15, 0.2) is 30.3 Å². The van der Waals surface area contributed by atoms with Crippen LogP contribution in [0.5, 0.6) is 0 Å². The molecule has 1 aromatic rings. The van der Waals surface area contributed by atoms with Crippen LogP contribution in [0.25, 0.3) is 0 Å². The highest BCUT2D eigenvalue weighted by Crippen LogP contribution is 2.18. The zero-order valence-electron chi connectivity index (χ0n) is 11.9. The first kappa shape index (κ1) is 15.7. The van der Waals surface area contributed by atoms with Crippen molar-refractivity contribution in [2.24, 2.45) is 17.6 Å². The summed E-state index contributed by atoms with van der Waals surface area (Å²) < 4.78 is 5.04. The van der Waals surface area contributed by atoms with Crippen LogP contribution in [0.1, 0.15) is 25.5 Å². The summed E-state index contributed by atoms with van der Waals surface area (Å²) in [6.45, 7) is 5.14. The fourth-order valence-corrected chi connectivity index (χ4v) is 1.91. The molecule has 0 aliphatic carbocycles. The van der Waals surface area contributed by atoms with Gasteiger partial charge in [0.25, 0.3) is 0 Å². The molecule has 1 amide bonds. The zero-order valence-corrected chi connectivity index (χ0v) is 11.9. The largest absolute Gasteiger partial charge is 0.384 e. The molecule has 3 unspecified atom stereocenters. The number of methoxy groups -OCH3 is 1. The molecule has 0 radical (unpaired) electrons. The van der Waals surface area contributed by atoms with Gasteiger partial charge in [-0.3, -0.25) is 4.79 Å². The Labute approximate surface area is 115 Å². The molecule has 4 nitrogen and oxygen atoms in total. The third-order valence-electron chi connectivity index (χ3n) is 3.21. The summed E-state index contributed by atoms with van der Waals surface area (Å²) in [4.78, 5) is 12.0. The predicted molar refractivity (Wildman–Crippen MR) is 76.6 cm³/mol. The van der Waals surface area contributed by atoms with Crippen LogP contribution in [0, 0.1) is 11.8 Å². The van der Waals surface area contributed by atoms with Crippen molar-refractivity contribution >= 4 is 5.91 Å². The quantitative estimate of drug-likeness (QED) is 0.788. The van der Waals surface area contributed by atoms with Gasteiger partial charge in [0.05, 0.1) is 12.5 Å². The molecule has 4 heteroatoms. The van der Waals surface area contributed by atoms with E-state index >= 15 is 0 Å². The Balaban J connectivity index is 2.48. The molecule has 0 saturated heterocycles. The van der Waals surface area contributed by atoms with Gasteiger partial charge in [-0.05, 0) is 11.5 Å². The maximum absolute atomic E-state index is 12.0. The lowest BCUT2D eigenvalue weighted by molar-refractivity contribution is -0.125. The Morgan fingerprint density at radius 2 is 1.95 bits per heavy atom. The molecular formula is C15H24N2O2. The SMILES string of the molecule is COCC(C)CNC(=O)C(C)C(N)c1ccccc1. The number of nitrogens with one attached hydrogen (secondary N) is 1. The van der Waals surface area contributed by atoms with Gasteiger partial charge >= 0.3 is 0 Å². The van der Waals surface area contributed by atoms with E-state index in [0.29, 0.717) is 19.1 Å². The Bertz CT molecular complexity index is 381. The molecule has 0 bridgehead atoms. The van der Waals surface area contributed by atoms with Crippen LogP contribution >= 0.6 is 0 Å². The van der Waals surface area contributed by atoms with E-state index < -0.39 is 0 Å². The highest BCUT2D eigenvalue weighted by molar-refractivity contribution is 5.79. The lowest BCUT2D eigenvalue weighted by Crippen LogP contribution is -2.38. The van der Waals surface area contributed by atoms with Crippen molar-refractivity contribution in [3.05, 3.63) is 35.9 Å². The van der Waals surface area contributed by atoms with E-state index in [0.717, 1.165) is 5.56 Å². The van der Waals surface area contributed by atoms with E-state index in [-0.39, 0.29) is 17.9 Å². The average molecular weight is 264 g/mol. The second-order valence-corrected chi connectivity index (χ2v) is 5.03. The minimum absolute atomic E-state index is 0.0145. The van der Waals surface area contributed by atoms with Crippen LogP contribution in [0.2, 0.25) is 0 Å². The van der Waals surface area contributed by atoms with Crippen LogP contribution in [-0.4, -0.2) is 26.2 Å². The van der Waals surface area contributed by atoms with Gasteiger partial charge < -0.3 is 15.8 Å². The average Bonchev–Trinajstić information content (AvgIpc) is 2.44. The van der Waals surface area contributed by atoms with Gasteiger partial charge in [0.2, 0.25) is 5.91 Å². The van der Waals surface area contributed by atoms with E-state index in [1.165, 1.54) is 0 Å². The highest BCUT2D eigenvalue weighted by atomic mass is 16.5. The first-order valence-electron chi connectivity index (χ1n) is 6.63. The molecule has 0 saturated carbocycles. The van der Waals surface area contributed by atoms with Gasteiger partial charge in [-0.2, -0.15) is 0 Å². The summed E-state index contributed by atoms with van der Waals surface area (Å²) in [5, 5.41) is 2.92. The van der Waals surface area contributed by atoms with E-state index in [9.17, 15) is 4.79 Å². The molecule has 0 aliphatic rings. The molecule has 0 heterocycles. The van der Waals surface area contributed by atoms with Gasteiger partial charge in [-0.15, -0.1) is 0 Å². The first-order chi connectivity index (χ1) is 9.06. The minimum Gasteiger partial charge on any atom is -0.384 e. The first-order valence-corrected chi connectivity index (χ1v) is 6.63. The summed E-state index contributed by atoms with van der Waals surface area (Å²) in [5.41, 5.74) is 7.10. The number of nitrogens with two attached hydrogens (primary N) is 1. The topological polar surface area (TPSA) is 64.3 Å². The summed E-state index contributed by atoms with van der Waals surface area (Å²) in [6, 6.07) is 9.41. The molecule has 0 aliphatic heterocycles.